The average Bonchev–Trinajstić information content (AvgIpc) is 3.20. The lowest BCUT2D eigenvalue weighted by Crippen LogP contribution is -2.26. The summed E-state index contributed by atoms with van der Waals surface area (Å²) in [4.78, 5) is 14.2. The van der Waals surface area contributed by atoms with E-state index >= 15 is 0 Å². The number of amides is 1. The van der Waals surface area contributed by atoms with Crippen molar-refractivity contribution < 1.29 is 17.6 Å². The lowest BCUT2D eigenvalue weighted by molar-refractivity contribution is 0.0785. The minimum absolute atomic E-state index is 0.0653. The molecule has 0 spiro atoms. The molecule has 1 amide bonds. The van der Waals surface area contributed by atoms with Gasteiger partial charge >= 0.3 is 0 Å². The second kappa shape index (κ2) is 8.20. The first kappa shape index (κ1) is 18.9. The number of sulfonamides is 1. The van der Waals surface area contributed by atoms with Crippen molar-refractivity contribution in [1.29, 1.82) is 0 Å². The predicted molar refractivity (Wildman–Crippen MR) is 101 cm³/mol. The van der Waals surface area contributed by atoms with E-state index in [1.54, 1.807) is 24.1 Å². The maximum Gasteiger partial charge on any atom is 0.253 e. The van der Waals surface area contributed by atoms with Crippen molar-refractivity contribution >= 4 is 15.9 Å². The second-order valence-electron chi connectivity index (χ2n) is 6.08. The molecular weight excluding hydrogens is 364 g/mol. The van der Waals surface area contributed by atoms with E-state index in [0.717, 1.165) is 5.56 Å². The Labute approximate surface area is 158 Å². The Morgan fingerprint density at radius 1 is 1.00 bits per heavy atom. The Kier molecular flexibility index (Phi) is 5.73. The van der Waals surface area contributed by atoms with Gasteiger partial charge in [-0.2, -0.15) is 0 Å². The van der Waals surface area contributed by atoms with Gasteiger partial charge in [0.05, 0.1) is 17.7 Å². The fourth-order valence-electron chi connectivity index (χ4n) is 2.59. The van der Waals surface area contributed by atoms with E-state index in [1.807, 2.05) is 30.3 Å². The Bertz CT molecular complexity index is 982. The number of hydrogen-bond donors (Lipinski definition) is 1. The van der Waals surface area contributed by atoms with Crippen molar-refractivity contribution in [3.05, 3.63) is 89.9 Å². The molecule has 0 unspecified atom stereocenters. The molecule has 1 N–H and O–H groups in total. The van der Waals surface area contributed by atoms with Crippen LogP contribution in [0.4, 0.5) is 0 Å². The van der Waals surface area contributed by atoms with Gasteiger partial charge in [-0.25, -0.2) is 13.1 Å². The Hall–Kier alpha value is -2.90. The molecule has 3 aromatic rings. The van der Waals surface area contributed by atoms with Gasteiger partial charge in [-0.15, -0.1) is 0 Å². The molecule has 0 aliphatic carbocycles. The van der Waals surface area contributed by atoms with Crippen LogP contribution in [0.25, 0.3) is 0 Å². The zero-order valence-corrected chi connectivity index (χ0v) is 15.6. The molecule has 0 radical (unpaired) electrons. The van der Waals surface area contributed by atoms with E-state index in [1.165, 1.54) is 30.5 Å². The average molecular weight is 384 g/mol. The van der Waals surface area contributed by atoms with Gasteiger partial charge in [0.15, 0.2) is 0 Å². The Morgan fingerprint density at radius 2 is 1.70 bits per heavy atom. The smallest absolute Gasteiger partial charge is 0.253 e. The number of nitrogens with zero attached hydrogens (tertiary/aromatic N) is 1. The maximum atomic E-state index is 12.5. The third-order valence-electron chi connectivity index (χ3n) is 4.04. The van der Waals surface area contributed by atoms with Gasteiger partial charge in [-0.05, 0) is 42.0 Å². The molecule has 3 rings (SSSR count). The van der Waals surface area contributed by atoms with Gasteiger partial charge in [0, 0.05) is 19.2 Å². The molecule has 7 heteroatoms. The predicted octanol–water partition coefficient (Wildman–Crippen LogP) is 3.03. The van der Waals surface area contributed by atoms with Gasteiger partial charge in [-0.1, -0.05) is 30.3 Å². The van der Waals surface area contributed by atoms with E-state index in [4.69, 9.17) is 4.42 Å². The summed E-state index contributed by atoms with van der Waals surface area (Å²) in [5.41, 5.74) is 1.45. The highest BCUT2D eigenvalue weighted by molar-refractivity contribution is 7.89. The third-order valence-corrected chi connectivity index (χ3v) is 5.45. The summed E-state index contributed by atoms with van der Waals surface area (Å²) in [7, 11) is -1.97. The number of benzene rings is 2. The summed E-state index contributed by atoms with van der Waals surface area (Å²) in [6, 6.07) is 18.9. The second-order valence-corrected chi connectivity index (χ2v) is 7.84. The van der Waals surface area contributed by atoms with Crippen molar-refractivity contribution in [2.45, 2.75) is 18.0 Å². The van der Waals surface area contributed by atoms with Gasteiger partial charge in [0.25, 0.3) is 5.91 Å². The van der Waals surface area contributed by atoms with Gasteiger partial charge in [0.2, 0.25) is 10.0 Å². The fourth-order valence-corrected chi connectivity index (χ4v) is 3.58. The molecule has 0 aliphatic heterocycles. The third kappa shape index (κ3) is 4.84. The molecule has 0 aliphatic rings. The van der Waals surface area contributed by atoms with Crippen LogP contribution < -0.4 is 4.72 Å². The van der Waals surface area contributed by atoms with Crippen LogP contribution in [0.2, 0.25) is 0 Å². The zero-order chi connectivity index (χ0) is 19.3. The van der Waals surface area contributed by atoms with Crippen LogP contribution in [0, 0.1) is 0 Å². The highest BCUT2D eigenvalue weighted by Gasteiger charge is 2.17. The van der Waals surface area contributed by atoms with E-state index in [2.05, 4.69) is 4.72 Å². The van der Waals surface area contributed by atoms with Crippen LogP contribution in [-0.2, 0) is 23.1 Å². The Balaban J connectivity index is 1.66. The van der Waals surface area contributed by atoms with E-state index < -0.39 is 10.0 Å². The van der Waals surface area contributed by atoms with Crippen molar-refractivity contribution in [3.63, 3.8) is 0 Å². The molecule has 1 aromatic heterocycles. The van der Waals surface area contributed by atoms with Crippen molar-refractivity contribution in [3.8, 4) is 0 Å². The molecular formula is C20H20N2O4S. The molecule has 0 saturated heterocycles. The molecule has 0 bridgehead atoms. The monoisotopic (exact) mass is 384 g/mol. The lowest BCUT2D eigenvalue weighted by atomic mass is 10.1. The summed E-state index contributed by atoms with van der Waals surface area (Å²) in [5.74, 6) is 0.347. The highest BCUT2D eigenvalue weighted by Crippen LogP contribution is 2.14. The zero-order valence-electron chi connectivity index (χ0n) is 14.8. The lowest BCUT2D eigenvalue weighted by Gasteiger charge is -2.17. The topological polar surface area (TPSA) is 79.6 Å². The van der Waals surface area contributed by atoms with Crippen molar-refractivity contribution in [2.24, 2.45) is 0 Å². The largest absolute Gasteiger partial charge is 0.468 e. The Morgan fingerprint density at radius 3 is 2.33 bits per heavy atom. The summed E-state index contributed by atoms with van der Waals surface area (Å²) in [6.07, 6.45) is 1.48. The van der Waals surface area contributed by atoms with E-state index in [-0.39, 0.29) is 17.3 Å². The number of carbonyl (C=O) groups is 1. The molecule has 0 fully saturated rings. The SMILES string of the molecule is CN(Cc1ccccc1)C(=O)c1ccc(S(=O)(=O)NCc2ccco2)cc1. The van der Waals surface area contributed by atoms with Gasteiger partial charge in [-0.3, -0.25) is 4.79 Å². The van der Waals surface area contributed by atoms with Crippen LogP contribution >= 0.6 is 0 Å². The number of furan rings is 1. The molecule has 1 heterocycles. The first-order valence-electron chi connectivity index (χ1n) is 8.37. The minimum Gasteiger partial charge on any atom is -0.468 e. The van der Waals surface area contributed by atoms with Crippen LogP contribution in [0.15, 0.2) is 82.3 Å². The first-order chi connectivity index (χ1) is 13.0. The normalized spacial score (nSPS) is 11.3. The van der Waals surface area contributed by atoms with E-state index in [0.29, 0.717) is 17.9 Å². The molecule has 2 aromatic carbocycles. The number of hydrogen-bond acceptors (Lipinski definition) is 4. The summed E-state index contributed by atoms with van der Waals surface area (Å²) < 4.78 is 32.2. The standard InChI is InChI=1S/C20H20N2O4S/c1-22(15-16-6-3-2-4-7-16)20(23)17-9-11-19(12-10-17)27(24,25)21-14-18-8-5-13-26-18/h2-13,21H,14-15H2,1H3. The molecule has 27 heavy (non-hydrogen) atoms. The van der Waals surface area contributed by atoms with Crippen molar-refractivity contribution in [1.82, 2.24) is 9.62 Å². The van der Waals surface area contributed by atoms with Crippen LogP contribution in [0.1, 0.15) is 21.7 Å². The molecule has 140 valence electrons. The minimum atomic E-state index is -3.68. The van der Waals surface area contributed by atoms with Gasteiger partial charge in [0.1, 0.15) is 5.76 Å². The van der Waals surface area contributed by atoms with Crippen molar-refractivity contribution in [2.75, 3.05) is 7.05 Å². The van der Waals surface area contributed by atoms with Crippen LogP contribution in [-0.4, -0.2) is 26.3 Å². The molecule has 6 nitrogen and oxygen atoms in total. The molecule has 0 saturated carbocycles. The number of nitrogens with one attached hydrogen (secondary N) is 1. The number of rotatable bonds is 7. The van der Waals surface area contributed by atoms with Crippen LogP contribution in [0.5, 0.6) is 0 Å². The van der Waals surface area contributed by atoms with Gasteiger partial charge < -0.3 is 9.32 Å². The summed E-state index contributed by atoms with van der Waals surface area (Å²) in [6.45, 7) is 0.542. The van der Waals surface area contributed by atoms with Crippen LogP contribution in [0.3, 0.4) is 0 Å². The molecule has 0 atom stereocenters. The maximum absolute atomic E-state index is 12.5. The summed E-state index contributed by atoms with van der Waals surface area (Å²) >= 11 is 0. The first-order valence-corrected chi connectivity index (χ1v) is 9.85. The fraction of sp³-hybridized carbons (Fsp3) is 0.150. The highest BCUT2D eigenvalue weighted by atomic mass is 32.2. The quantitative estimate of drug-likeness (QED) is 0.679. The number of carbonyl (C=O) groups excluding carboxylic acids is 1. The summed E-state index contributed by atoms with van der Waals surface area (Å²) in [5, 5.41) is 0. The van der Waals surface area contributed by atoms with E-state index in [9.17, 15) is 13.2 Å².